The third kappa shape index (κ3) is 5.60. The number of nitrogens with zero attached hydrogens (tertiary/aromatic N) is 2. The number of amides is 3. The molecule has 0 spiro atoms. The molecular formula is C30H21ClN2O7S. The minimum atomic E-state index is -4.11. The molecule has 0 saturated carbocycles. The molecule has 41 heavy (non-hydrogen) atoms. The molecule has 0 radical (unpaired) electrons. The van der Waals surface area contributed by atoms with Crippen LogP contribution in [0.1, 0.15) is 47.0 Å². The van der Waals surface area contributed by atoms with E-state index in [-0.39, 0.29) is 32.9 Å². The summed E-state index contributed by atoms with van der Waals surface area (Å²) in [6.45, 7) is 1.17. The smallest absolute Gasteiger partial charge is 0.339 e. The summed E-state index contributed by atoms with van der Waals surface area (Å²) in [5, 5.41) is 1.82. The molecule has 3 amide bonds. The topological polar surface area (TPSA) is 118 Å². The summed E-state index contributed by atoms with van der Waals surface area (Å²) in [5.74, 6) is -2.90. The van der Waals surface area contributed by atoms with E-state index in [0.29, 0.717) is 10.0 Å². The predicted molar refractivity (Wildman–Crippen MR) is 149 cm³/mol. The fourth-order valence-electron chi connectivity index (χ4n) is 4.17. The van der Waals surface area contributed by atoms with E-state index in [0.717, 1.165) is 10.6 Å². The van der Waals surface area contributed by atoms with E-state index in [9.17, 15) is 27.6 Å². The van der Waals surface area contributed by atoms with Gasteiger partial charge in [0.15, 0.2) is 5.78 Å². The molecule has 0 fully saturated rings. The molecule has 0 atom stereocenters. The zero-order chi connectivity index (χ0) is 29.3. The average molecular weight is 589 g/mol. The zero-order valence-electron chi connectivity index (χ0n) is 21.5. The van der Waals surface area contributed by atoms with Crippen LogP contribution < -0.4 is 4.18 Å². The number of aryl methyl sites for hydroxylation is 1. The van der Waals surface area contributed by atoms with E-state index in [1.165, 1.54) is 72.8 Å². The molecule has 0 aromatic heterocycles. The molecule has 11 heteroatoms. The third-order valence-electron chi connectivity index (χ3n) is 6.32. The number of rotatable bonds is 8. The molecule has 0 saturated heterocycles. The maximum Gasteiger partial charge on any atom is 0.339 e. The lowest BCUT2D eigenvalue weighted by Gasteiger charge is -2.29. The largest absolute Gasteiger partial charge is 0.379 e. The number of hydrazine groups is 1. The summed E-state index contributed by atoms with van der Waals surface area (Å²) in [6, 6.07) is 23.3. The van der Waals surface area contributed by atoms with E-state index in [2.05, 4.69) is 0 Å². The summed E-state index contributed by atoms with van der Waals surface area (Å²) in [6.07, 6.45) is 0. The SMILES string of the molecule is Cc1ccc(S(=O)(=O)Oc2ccc(C(=O)CN(C(=O)c3ccc(Cl)cc3)N3C(=O)c4ccccc4C3=O)cc2)cc1. The normalized spacial score (nSPS) is 12.7. The van der Waals surface area contributed by atoms with Gasteiger partial charge in [-0.25, -0.2) is 5.01 Å². The van der Waals surface area contributed by atoms with Crippen molar-refractivity contribution < 1.29 is 31.8 Å². The zero-order valence-corrected chi connectivity index (χ0v) is 23.1. The van der Waals surface area contributed by atoms with Gasteiger partial charge >= 0.3 is 10.1 Å². The first kappa shape index (κ1) is 27.8. The van der Waals surface area contributed by atoms with Crippen LogP contribution in [0.5, 0.6) is 5.75 Å². The van der Waals surface area contributed by atoms with Gasteiger partial charge in [-0.15, -0.1) is 0 Å². The standard InChI is InChI=1S/C30H21ClN2O7S/c1-19-6-16-24(17-7-19)41(38,39)40-23-14-10-20(11-15-23)27(34)18-32(28(35)21-8-12-22(31)13-9-21)33-29(36)25-4-2-3-5-26(25)30(33)37/h2-17H,18H2,1H3. The number of Topliss-reactive ketones (excluding diaryl/α,β-unsaturated/α-hetero) is 1. The Kier molecular flexibility index (Phi) is 7.44. The molecule has 0 N–H and O–H groups in total. The lowest BCUT2D eigenvalue weighted by atomic mass is 10.1. The molecule has 0 aliphatic carbocycles. The van der Waals surface area contributed by atoms with Crippen LogP contribution in [0.15, 0.2) is 102 Å². The van der Waals surface area contributed by atoms with Gasteiger partial charge in [-0.2, -0.15) is 13.4 Å². The molecular weight excluding hydrogens is 568 g/mol. The second kappa shape index (κ2) is 11.0. The highest BCUT2D eigenvalue weighted by molar-refractivity contribution is 7.87. The maximum absolute atomic E-state index is 13.5. The quantitative estimate of drug-likeness (QED) is 0.162. The van der Waals surface area contributed by atoms with Gasteiger partial charge in [0.1, 0.15) is 17.2 Å². The van der Waals surface area contributed by atoms with Crippen LogP contribution in [0.3, 0.4) is 0 Å². The molecule has 0 bridgehead atoms. The van der Waals surface area contributed by atoms with Crippen LogP contribution >= 0.6 is 11.6 Å². The number of imide groups is 1. The van der Waals surface area contributed by atoms with Crippen molar-refractivity contribution in [2.75, 3.05) is 6.54 Å². The first-order chi connectivity index (χ1) is 19.5. The van der Waals surface area contributed by atoms with E-state index in [4.69, 9.17) is 15.8 Å². The van der Waals surface area contributed by atoms with E-state index in [1.807, 2.05) is 6.92 Å². The molecule has 5 rings (SSSR count). The lowest BCUT2D eigenvalue weighted by molar-refractivity contribution is 0.00531. The van der Waals surface area contributed by atoms with Crippen molar-refractivity contribution in [2.45, 2.75) is 11.8 Å². The Morgan fingerprint density at radius 1 is 0.780 bits per heavy atom. The monoisotopic (exact) mass is 588 g/mol. The Morgan fingerprint density at radius 2 is 1.32 bits per heavy atom. The minimum Gasteiger partial charge on any atom is -0.379 e. The van der Waals surface area contributed by atoms with Crippen LogP contribution in [-0.2, 0) is 10.1 Å². The summed E-state index contributed by atoms with van der Waals surface area (Å²) in [4.78, 5) is 53.2. The number of carbonyl (C=O) groups excluding carboxylic acids is 4. The molecule has 1 aliphatic rings. The highest BCUT2D eigenvalue weighted by Gasteiger charge is 2.42. The Morgan fingerprint density at radius 3 is 1.88 bits per heavy atom. The second-order valence-electron chi connectivity index (χ2n) is 9.14. The minimum absolute atomic E-state index is 0.0273. The maximum atomic E-state index is 13.5. The molecule has 206 valence electrons. The van der Waals surface area contributed by atoms with Crippen molar-refractivity contribution in [1.29, 1.82) is 0 Å². The van der Waals surface area contributed by atoms with Crippen molar-refractivity contribution in [3.8, 4) is 5.75 Å². The van der Waals surface area contributed by atoms with Crippen LogP contribution in [0.2, 0.25) is 5.02 Å². The Bertz CT molecular complexity index is 1750. The number of carbonyl (C=O) groups is 4. The first-order valence-corrected chi connectivity index (χ1v) is 14.0. The molecule has 9 nitrogen and oxygen atoms in total. The molecule has 0 unspecified atom stereocenters. The van der Waals surface area contributed by atoms with Crippen LogP contribution in [0.4, 0.5) is 0 Å². The van der Waals surface area contributed by atoms with Crippen molar-refractivity contribution in [1.82, 2.24) is 10.0 Å². The molecule has 1 heterocycles. The number of fused-ring (bicyclic) bond motifs is 1. The third-order valence-corrected chi connectivity index (χ3v) is 7.84. The van der Waals surface area contributed by atoms with Gasteiger partial charge in [-0.3, -0.25) is 19.2 Å². The fourth-order valence-corrected chi connectivity index (χ4v) is 5.23. The van der Waals surface area contributed by atoms with Gasteiger partial charge in [0.2, 0.25) is 0 Å². The number of hydrogen-bond acceptors (Lipinski definition) is 7. The van der Waals surface area contributed by atoms with Gasteiger partial charge < -0.3 is 4.18 Å². The predicted octanol–water partition coefficient (Wildman–Crippen LogP) is 4.95. The van der Waals surface area contributed by atoms with Gasteiger partial charge in [-0.05, 0) is 79.7 Å². The van der Waals surface area contributed by atoms with Gasteiger partial charge in [0.25, 0.3) is 17.7 Å². The second-order valence-corrected chi connectivity index (χ2v) is 11.1. The highest BCUT2D eigenvalue weighted by atomic mass is 35.5. The van der Waals surface area contributed by atoms with E-state index >= 15 is 0 Å². The Balaban J connectivity index is 1.40. The van der Waals surface area contributed by atoms with Crippen molar-refractivity contribution in [2.24, 2.45) is 0 Å². The van der Waals surface area contributed by atoms with Crippen molar-refractivity contribution in [3.05, 3.63) is 130 Å². The number of hydrogen-bond donors (Lipinski definition) is 0. The summed E-state index contributed by atoms with van der Waals surface area (Å²) in [5.41, 5.74) is 1.29. The number of benzene rings is 4. The van der Waals surface area contributed by atoms with Gasteiger partial charge in [-0.1, -0.05) is 41.4 Å². The summed E-state index contributed by atoms with van der Waals surface area (Å²) in [7, 11) is -4.11. The lowest BCUT2D eigenvalue weighted by Crippen LogP contribution is -2.51. The van der Waals surface area contributed by atoms with Crippen LogP contribution in [0.25, 0.3) is 0 Å². The van der Waals surface area contributed by atoms with Crippen molar-refractivity contribution in [3.63, 3.8) is 0 Å². The Labute approximate surface area is 240 Å². The fraction of sp³-hybridized carbons (Fsp3) is 0.0667. The van der Waals surface area contributed by atoms with E-state index < -0.39 is 40.2 Å². The van der Waals surface area contributed by atoms with Gasteiger partial charge in [0.05, 0.1) is 11.1 Å². The summed E-state index contributed by atoms with van der Waals surface area (Å²) >= 11 is 5.94. The average Bonchev–Trinajstić information content (AvgIpc) is 3.21. The van der Waals surface area contributed by atoms with Crippen molar-refractivity contribution >= 4 is 45.2 Å². The molecule has 1 aliphatic heterocycles. The number of ketones is 1. The molecule has 4 aromatic carbocycles. The van der Waals surface area contributed by atoms with Crippen LogP contribution in [-0.4, -0.2) is 48.5 Å². The first-order valence-electron chi connectivity index (χ1n) is 12.2. The Hall–Kier alpha value is -4.80. The summed E-state index contributed by atoms with van der Waals surface area (Å²) < 4.78 is 30.4. The van der Waals surface area contributed by atoms with E-state index in [1.54, 1.807) is 24.3 Å². The highest BCUT2D eigenvalue weighted by Crippen LogP contribution is 2.26. The van der Waals surface area contributed by atoms with Crippen LogP contribution in [0, 0.1) is 6.92 Å². The van der Waals surface area contributed by atoms with Gasteiger partial charge in [0, 0.05) is 16.1 Å². The number of halogens is 1. The molecule has 4 aromatic rings.